The zero-order valence-electron chi connectivity index (χ0n) is 14.5. The fourth-order valence-corrected chi connectivity index (χ4v) is 2.92. The normalized spacial score (nSPS) is 14.3. The minimum absolute atomic E-state index is 0.0345. The van der Waals surface area contributed by atoms with Crippen LogP contribution in [0.4, 0.5) is 4.79 Å². The molecule has 0 radical (unpaired) electrons. The number of imide groups is 2. The number of hydrogen-bond donors (Lipinski definition) is 0. The molecule has 1 aliphatic heterocycles. The third-order valence-corrected chi connectivity index (χ3v) is 4.25. The molecular formula is C20H17N3O3. The molecule has 0 aromatic heterocycles. The van der Waals surface area contributed by atoms with Gasteiger partial charge < -0.3 is 0 Å². The highest BCUT2D eigenvalue weighted by molar-refractivity contribution is 6.44. The van der Waals surface area contributed by atoms with Crippen LogP contribution in [0.2, 0.25) is 0 Å². The lowest BCUT2D eigenvalue weighted by molar-refractivity contribution is -0.144. The van der Waals surface area contributed by atoms with E-state index in [1.165, 1.54) is 0 Å². The number of nitrogens with zero attached hydrogens (tertiary/aromatic N) is 3. The van der Waals surface area contributed by atoms with E-state index in [1.54, 1.807) is 38.1 Å². The van der Waals surface area contributed by atoms with Gasteiger partial charge in [-0.05, 0) is 36.6 Å². The van der Waals surface area contributed by atoms with Crippen molar-refractivity contribution in [1.82, 2.24) is 9.80 Å². The van der Waals surface area contributed by atoms with Gasteiger partial charge in [-0.2, -0.15) is 5.26 Å². The van der Waals surface area contributed by atoms with Gasteiger partial charge in [-0.1, -0.05) is 42.5 Å². The highest BCUT2D eigenvalue weighted by atomic mass is 16.2. The van der Waals surface area contributed by atoms with Gasteiger partial charge in [0, 0.05) is 6.04 Å². The van der Waals surface area contributed by atoms with Gasteiger partial charge in [0.05, 0.1) is 18.2 Å². The summed E-state index contributed by atoms with van der Waals surface area (Å²) in [5.74, 6) is -1.59. The summed E-state index contributed by atoms with van der Waals surface area (Å²) in [6, 6.07) is 15.7. The van der Waals surface area contributed by atoms with Crippen molar-refractivity contribution >= 4 is 17.8 Å². The van der Waals surface area contributed by atoms with E-state index in [0.29, 0.717) is 5.56 Å². The number of hydrogen-bond acceptors (Lipinski definition) is 4. The lowest BCUT2D eigenvalue weighted by Gasteiger charge is -2.18. The van der Waals surface area contributed by atoms with E-state index in [-0.39, 0.29) is 12.6 Å². The number of carbonyl (C=O) groups excluding carboxylic acids is 3. The monoisotopic (exact) mass is 347 g/mol. The molecule has 1 aliphatic rings. The molecule has 1 heterocycles. The molecule has 6 heteroatoms. The third-order valence-electron chi connectivity index (χ3n) is 4.25. The van der Waals surface area contributed by atoms with Gasteiger partial charge >= 0.3 is 17.8 Å². The average molecular weight is 347 g/mol. The maximum Gasteiger partial charge on any atom is 0.334 e. The quantitative estimate of drug-likeness (QED) is 0.629. The first-order valence-electron chi connectivity index (χ1n) is 8.21. The zero-order chi connectivity index (χ0) is 18.8. The standard InChI is InChI=1S/C20H17N3O3/c1-13(2)23-19(25)18(24)22(20(23)26)12-14-7-9-15(10-8-14)17-6-4-3-5-16(17)11-21/h3-10,13H,12H2,1-2H3. The predicted molar refractivity (Wildman–Crippen MR) is 94.5 cm³/mol. The molecule has 4 amide bonds. The molecule has 0 saturated carbocycles. The number of carbonyl (C=O) groups is 3. The summed E-state index contributed by atoms with van der Waals surface area (Å²) in [4.78, 5) is 38.3. The molecule has 2 aromatic carbocycles. The van der Waals surface area contributed by atoms with Gasteiger partial charge in [-0.25, -0.2) is 4.79 Å². The van der Waals surface area contributed by atoms with Gasteiger partial charge in [0.1, 0.15) is 0 Å². The summed E-state index contributed by atoms with van der Waals surface area (Å²) >= 11 is 0. The first kappa shape index (κ1) is 17.4. The van der Waals surface area contributed by atoms with Crippen LogP contribution in [-0.2, 0) is 16.1 Å². The van der Waals surface area contributed by atoms with Crippen molar-refractivity contribution in [2.24, 2.45) is 0 Å². The number of nitriles is 1. The van der Waals surface area contributed by atoms with Gasteiger partial charge in [-0.3, -0.25) is 19.4 Å². The molecule has 0 spiro atoms. The fraction of sp³-hybridized carbons (Fsp3) is 0.200. The van der Waals surface area contributed by atoms with E-state index in [9.17, 15) is 19.6 Å². The average Bonchev–Trinajstić information content (AvgIpc) is 2.85. The Morgan fingerprint density at radius 2 is 1.62 bits per heavy atom. The summed E-state index contributed by atoms with van der Waals surface area (Å²) in [6.45, 7) is 3.41. The van der Waals surface area contributed by atoms with Crippen LogP contribution in [0.1, 0.15) is 25.0 Å². The molecule has 0 unspecified atom stereocenters. The topological polar surface area (TPSA) is 81.5 Å². The van der Waals surface area contributed by atoms with Crippen LogP contribution in [0.3, 0.4) is 0 Å². The lowest BCUT2D eigenvalue weighted by Crippen LogP contribution is -2.37. The second kappa shape index (κ2) is 6.81. The SMILES string of the molecule is CC(C)N1C(=O)C(=O)N(Cc2ccc(-c3ccccc3C#N)cc2)C1=O. The van der Waals surface area contributed by atoms with Crippen molar-refractivity contribution in [3.8, 4) is 17.2 Å². The first-order chi connectivity index (χ1) is 12.4. The Bertz CT molecular complexity index is 926. The second-order valence-corrected chi connectivity index (χ2v) is 6.30. The fourth-order valence-electron chi connectivity index (χ4n) is 2.92. The Morgan fingerprint density at radius 3 is 2.19 bits per heavy atom. The number of urea groups is 1. The maximum absolute atomic E-state index is 12.3. The Kier molecular flexibility index (Phi) is 4.55. The van der Waals surface area contributed by atoms with E-state index >= 15 is 0 Å². The minimum atomic E-state index is -0.803. The highest BCUT2D eigenvalue weighted by Gasteiger charge is 2.45. The van der Waals surface area contributed by atoms with Crippen LogP contribution >= 0.6 is 0 Å². The van der Waals surface area contributed by atoms with E-state index in [4.69, 9.17) is 0 Å². The van der Waals surface area contributed by atoms with Crippen molar-refractivity contribution < 1.29 is 14.4 Å². The molecule has 0 atom stereocenters. The predicted octanol–water partition coefficient (Wildman–Crippen LogP) is 2.92. The molecule has 1 fully saturated rings. The van der Waals surface area contributed by atoms with E-state index in [1.807, 2.05) is 24.3 Å². The Labute approximate surface area is 151 Å². The summed E-state index contributed by atoms with van der Waals surface area (Å²) in [5, 5.41) is 9.21. The number of amides is 4. The van der Waals surface area contributed by atoms with Crippen molar-refractivity contribution in [3.05, 3.63) is 59.7 Å². The molecule has 26 heavy (non-hydrogen) atoms. The zero-order valence-corrected chi connectivity index (χ0v) is 14.5. The Balaban J connectivity index is 1.82. The summed E-state index contributed by atoms with van der Waals surface area (Å²) < 4.78 is 0. The number of benzene rings is 2. The Hall–Kier alpha value is -3.46. The van der Waals surface area contributed by atoms with Gasteiger partial charge in [-0.15, -0.1) is 0 Å². The molecule has 6 nitrogen and oxygen atoms in total. The highest BCUT2D eigenvalue weighted by Crippen LogP contribution is 2.24. The second-order valence-electron chi connectivity index (χ2n) is 6.30. The number of rotatable bonds is 4. The molecule has 3 rings (SSSR count). The van der Waals surface area contributed by atoms with E-state index in [0.717, 1.165) is 26.5 Å². The summed E-state index contributed by atoms with van der Waals surface area (Å²) in [5.41, 5.74) is 2.98. The Morgan fingerprint density at radius 1 is 0.962 bits per heavy atom. The van der Waals surface area contributed by atoms with Crippen molar-refractivity contribution in [2.45, 2.75) is 26.4 Å². The van der Waals surface area contributed by atoms with Crippen LogP contribution in [0.15, 0.2) is 48.5 Å². The van der Waals surface area contributed by atoms with Crippen LogP contribution in [0.5, 0.6) is 0 Å². The van der Waals surface area contributed by atoms with Crippen LogP contribution in [0, 0.1) is 11.3 Å². The molecule has 130 valence electrons. The molecule has 0 bridgehead atoms. The summed E-state index contributed by atoms with van der Waals surface area (Å²) in [7, 11) is 0. The molecule has 0 aliphatic carbocycles. The van der Waals surface area contributed by atoms with Gasteiger partial charge in [0.2, 0.25) is 0 Å². The summed E-state index contributed by atoms with van der Waals surface area (Å²) in [6.07, 6.45) is 0. The van der Waals surface area contributed by atoms with Crippen LogP contribution in [-0.4, -0.2) is 33.7 Å². The van der Waals surface area contributed by atoms with Crippen molar-refractivity contribution in [2.75, 3.05) is 0 Å². The maximum atomic E-state index is 12.3. The molecule has 2 aromatic rings. The van der Waals surface area contributed by atoms with E-state index in [2.05, 4.69) is 6.07 Å². The lowest BCUT2D eigenvalue weighted by atomic mass is 9.99. The molecule has 1 saturated heterocycles. The largest absolute Gasteiger partial charge is 0.334 e. The molecular weight excluding hydrogens is 330 g/mol. The van der Waals surface area contributed by atoms with Gasteiger partial charge in [0.15, 0.2) is 0 Å². The van der Waals surface area contributed by atoms with Crippen LogP contribution in [0.25, 0.3) is 11.1 Å². The van der Waals surface area contributed by atoms with Crippen LogP contribution < -0.4 is 0 Å². The van der Waals surface area contributed by atoms with Gasteiger partial charge in [0.25, 0.3) is 0 Å². The van der Waals surface area contributed by atoms with E-state index < -0.39 is 17.8 Å². The van der Waals surface area contributed by atoms with Crippen molar-refractivity contribution in [3.63, 3.8) is 0 Å². The molecule has 0 N–H and O–H groups in total. The smallest absolute Gasteiger partial charge is 0.263 e. The first-order valence-corrected chi connectivity index (χ1v) is 8.21. The van der Waals surface area contributed by atoms with Crippen molar-refractivity contribution in [1.29, 1.82) is 5.26 Å². The third kappa shape index (κ3) is 2.95. The minimum Gasteiger partial charge on any atom is -0.263 e.